The van der Waals surface area contributed by atoms with Crippen molar-refractivity contribution in [3.8, 4) is 10.9 Å². The molecule has 0 fully saturated rings. The van der Waals surface area contributed by atoms with Crippen LogP contribution in [-0.4, -0.2) is 4.98 Å². The Morgan fingerprint density at radius 1 is 1.16 bits per heavy atom. The number of nitrogen functional groups attached to an aromatic ring is 1. The minimum atomic E-state index is -1.03. The summed E-state index contributed by atoms with van der Waals surface area (Å²) in [6.45, 7) is 0. The summed E-state index contributed by atoms with van der Waals surface area (Å²) in [7, 11) is 0. The first-order chi connectivity index (χ1) is 9.13. The molecule has 0 aliphatic heterocycles. The molecule has 3 nitrogen and oxygen atoms in total. The largest absolute Gasteiger partial charge is 0.428 e. The molecule has 0 saturated carbocycles. The van der Waals surface area contributed by atoms with Gasteiger partial charge >= 0.3 is 0 Å². The molecule has 0 unspecified atom stereocenters. The Bertz CT molecular complexity index is 757. The van der Waals surface area contributed by atoms with Gasteiger partial charge < -0.3 is 10.5 Å². The molecule has 0 saturated heterocycles. The number of anilines is 1. The fourth-order valence-corrected chi connectivity index (χ4v) is 2.50. The lowest BCUT2D eigenvalue weighted by Gasteiger charge is -2.02. The Hall–Kier alpha value is -2.21. The lowest BCUT2D eigenvalue weighted by Crippen LogP contribution is -1.90. The third-order valence-corrected chi connectivity index (χ3v) is 3.40. The van der Waals surface area contributed by atoms with Crippen molar-refractivity contribution in [2.45, 2.75) is 0 Å². The molecular formula is C13H8F2N2OS. The lowest BCUT2D eigenvalue weighted by molar-refractivity contribution is 0.415. The summed E-state index contributed by atoms with van der Waals surface area (Å²) in [5.41, 5.74) is 6.97. The Labute approximate surface area is 111 Å². The summed E-state index contributed by atoms with van der Waals surface area (Å²) in [5.74, 6) is -2.17. The number of fused-ring (bicyclic) bond motifs is 1. The van der Waals surface area contributed by atoms with Crippen molar-refractivity contribution in [3.05, 3.63) is 48.0 Å². The maximum atomic E-state index is 13.5. The van der Waals surface area contributed by atoms with Crippen LogP contribution in [0.15, 0.2) is 36.4 Å². The number of benzene rings is 2. The minimum Gasteiger partial charge on any atom is -0.428 e. The summed E-state index contributed by atoms with van der Waals surface area (Å²) >= 11 is 1.22. The van der Waals surface area contributed by atoms with E-state index in [0.717, 1.165) is 10.8 Å². The molecule has 3 rings (SSSR count). The maximum Gasteiger partial charge on any atom is 0.279 e. The van der Waals surface area contributed by atoms with Gasteiger partial charge in [0.05, 0.1) is 10.2 Å². The van der Waals surface area contributed by atoms with Gasteiger partial charge in [-0.25, -0.2) is 9.37 Å². The van der Waals surface area contributed by atoms with Crippen molar-refractivity contribution >= 4 is 27.2 Å². The summed E-state index contributed by atoms with van der Waals surface area (Å²) in [6, 6.07) is 8.96. The van der Waals surface area contributed by atoms with Gasteiger partial charge in [0.15, 0.2) is 11.6 Å². The SMILES string of the molecule is Nc1ccc2nc(Oc3cccc(F)c3F)sc2c1. The van der Waals surface area contributed by atoms with E-state index in [1.54, 1.807) is 18.2 Å². The molecular weight excluding hydrogens is 270 g/mol. The van der Waals surface area contributed by atoms with Crippen molar-refractivity contribution in [1.29, 1.82) is 0 Å². The van der Waals surface area contributed by atoms with Crippen LogP contribution in [0.4, 0.5) is 14.5 Å². The molecule has 3 aromatic rings. The summed E-state index contributed by atoms with van der Waals surface area (Å²) in [5, 5.41) is 0.241. The molecule has 0 radical (unpaired) electrons. The second kappa shape index (κ2) is 4.47. The number of ether oxygens (including phenoxy) is 1. The third kappa shape index (κ3) is 2.22. The number of halogens is 2. The van der Waals surface area contributed by atoms with E-state index in [-0.39, 0.29) is 10.9 Å². The smallest absolute Gasteiger partial charge is 0.279 e. The van der Waals surface area contributed by atoms with E-state index in [1.807, 2.05) is 0 Å². The minimum absolute atomic E-state index is 0.188. The van der Waals surface area contributed by atoms with Crippen molar-refractivity contribution in [2.75, 3.05) is 5.73 Å². The molecule has 0 atom stereocenters. The topological polar surface area (TPSA) is 48.1 Å². The molecule has 96 valence electrons. The number of thiazole rings is 1. The number of hydrogen-bond acceptors (Lipinski definition) is 4. The highest BCUT2D eigenvalue weighted by atomic mass is 32.1. The van der Waals surface area contributed by atoms with Crippen LogP contribution in [-0.2, 0) is 0 Å². The van der Waals surface area contributed by atoms with Crippen molar-refractivity contribution in [2.24, 2.45) is 0 Å². The van der Waals surface area contributed by atoms with Gasteiger partial charge in [-0.1, -0.05) is 17.4 Å². The van der Waals surface area contributed by atoms with Crippen molar-refractivity contribution in [3.63, 3.8) is 0 Å². The van der Waals surface area contributed by atoms with Crippen LogP contribution in [0, 0.1) is 11.6 Å². The molecule has 2 aromatic carbocycles. The molecule has 0 aliphatic rings. The zero-order chi connectivity index (χ0) is 13.4. The molecule has 0 bridgehead atoms. The second-order valence-electron chi connectivity index (χ2n) is 3.86. The first-order valence-electron chi connectivity index (χ1n) is 5.41. The fraction of sp³-hybridized carbons (Fsp3) is 0. The van der Waals surface area contributed by atoms with Gasteiger partial charge in [0, 0.05) is 5.69 Å². The average Bonchev–Trinajstić information content (AvgIpc) is 2.76. The van der Waals surface area contributed by atoms with E-state index in [1.165, 1.54) is 23.5 Å². The molecule has 19 heavy (non-hydrogen) atoms. The zero-order valence-electron chi connectivity index (χ0n) is 9.56. The Morgan fingerprint density at radius 2 is 2.00 bits per heavy atom. The van der Waals surface area contributed by atoms with Gasteiger partial charge in [0.1, 0.15) is 0 Å². The quantitative estimate of drug-likeness (QED) is 0.722. The molecule has 1 heterocycles. The molecule has 0 amide bonds. The van der Waals surface area contributed by atoms with E-state index < -0.39 is 11.6 Å². The molecule has 6 heteroatoms. The van der Waals surface area contributed by atoms with E-state index in [0.29, 0.717) is 11.2 Å². The second-order valence-corrected chi connectivity index (χ2v) is 4.85. The molecule has 0 spiro atoms. The monoisotopic (exact) mass is 278 g/mol. The highest BCUT2D eigenvalue weighted by Crippen LogP contribution is 2.33. The van der Waals surface area contributed by atoms with Crippen LogP contribution in [0.5, 0.6) is 10.9 Å². The van der Waals surface area contributed by atoms with Gasteiger partial charge in [-0.2, -0.15) is 4.39 Å². The van der Waals surface area contributed by atoms with E-state index >= 15 is 0 Å². The summed E-state index contributed by atoms with van der Waals surface area (Å²) in [4.78, 5) is 4.17. The van der Waals surface area contributed by atoms with Crippen LogP contribution >= 0.6 is 11.3 Å². The summed E-state index contributed by atoms with van der Waals surface area (Å²) < 4.78 is 32.6. The van der Waals surface area contributed by atoms with E-state index in [2.05, 4.69) is 4.98 Å². The van der Waals surface area contributed by atoms with E-state index in [9.17, 15) is 8.78 Å². The van der Waals surface area contributed by atoms with Crippen LogP contribution in [0.1, 0.15) is 0 Å². The highest BCUT2D eigenvalue weighted by molar-refractivity contribution is 7.20. The van der Waals surface area contributed by atoms with Crippen LogP contribution in [0.25, 0.3) is 10.2 Å². The standard InChI is InChI=1S/C13H8F2N2OS/c14-8-2-1-3-10(12(8)15)18-13-17-9-5-4-7(16)6-11(9)19-13/h1-6H,16H2. The first kappa shape index (κ1) is 11.9. The van der Waals surface area contributed by atoms with Crippen LogP contribution < -0.4 is 10.5 Å². The van der Waals surface area contributed by atoms with Crippen molar-refractivity contribution in [1.82, 2.24) is 4.98 Å². The van der Waals surface area contributed by atoms with Crippen LogP contribution in [0.3, 0.4) is 0 Å². The number of nitrogens with two attached hydrogens (primary N) is 1. The van der Waals surface area contributed by atoms with Gasteiger partial charge in [0.2, 0.25) is 5.82 Å². The Balaban J connectivity index is 1.99. The molecule has 2 N–H and O–H groups in total. The van der Waals surface area contributed by atoms with E-state index in [4.69, 9.17) is 10.5 Å². The maximum absolute atomic E-state index is 13.5. The van der Waals surface area contributed by atoms with Gasteiger partial charge in [0.25, 0.3) is 5.19 Å². The van der Waals surface area contributed by atoms with Crippen LogP contribution in [0.2, 0.25) is 0 Å². The van der Waals surface area contributed by atoms with Gasteiger partial charge in [-0.3, -0.25) is 0 Å². The van der Waals surface area contributed by atoms with Gasteiger partial charge in [-0.05, 0) is 30.3 Å². The fourth-order valence-electron chi connectivity index (χ4n) is 1.62. The number of rotatable bonds is 2. The average molecular weight is 278 g/mol. The third-order valence-electron chi connectivity index (χ3n) is 2.51. The zero-order valence-corrected chi connectivity index (χ0v) is 10.4. The predicted molar refractivity (Wildman–Crippen MR) is 70.5 cm³/mol. The molecule has 1 aromatic heterocycles. The Kier molecular flexibility index (Phi) is 2.79. The first-order valence-corrected chi connectivity index (χ1v) is 6.23. The Morgan fingerprint density at radius 3 is 2.84 bits per heavy atom. The summed E-state index contributed by atoms with van der Waals surface area (Å²) in [6.07, 6.45) is 0. The predicted octanol–water partition coefficient (Wildman–Crippen LogP) is 3.95. The number of hydrogen-bond donors (Lipinski definition) is 1. The highest BCUT2D eigenvalue weighted by Gasteiger charge is 2.12. The molecule has 0 aliphatic carbocycles. The van der Waals surface area contributed by atoms with Crippen molar-refractivity contribution < 1.29 is 13.5 Å². The van der Waals surface area contributed by atoms with Gasteiger partial charge in [-0.15, -0.1) is 0 Å². The number of aromatic nitrogens is 1. The number of nitrogens with zero attached hydrogens (tertiary/aromatic N) is 1. The lowest BCUT2D eigenvalue weighted by atomic mass is 10.3. The normalized spacial score (nSPS) is 10.8.